The maximum atomic E-state index is 13.0. The Kier molecular flexibility index (Phi) is 5.11. The minimum absolute atomic E-state index is 0.134. The number of hydrogen-bond acceptors (Lipinski definition) is 3. The Morgan fingerprint density at radius 2 is 1.88 bits per heavy atom. The molecule has 5 nitrogen and oxygen atoms in total. The zero-order valence-corrected chi connectivity index (χ0v) is 15.6. The van der Waals surface area contributed by atoms with E-state index >= 15 is 0 Å². The molecule has 5 heteroatoms. The molecule has 0 spiro atoms. The van der Waals surface area contributed by atoms with Gasteiger partial charge in [-0.05, 0) is 38.8 Å². The van der Waals surface area contributed by atoms with Crippen molar-refractivity contribution in [2.24, 2.45) is 0 Å². The van der Waals surface area contributed by atoms with E-state index < -0.39 is 0 Å². The maximum absolute atomic E-state index is 13.0. The van der Waals surface area contributed by atoms with Crippen molar-refractivity contribution in [2.45, 2.75) is 38.6 Å². The number of hydrogen-bond donors (Lipinski definition) is 0. The standard InChI is InChI=1S/C20H28N4O/c1-15(2)24-14-11-21-19(24)16-9-12-23(13-10-16)20(25)17-7-5-6-8-18(17)22(3)4/h5-8,11,14-16H,9-10,12-13H2,1-4H3. The summed E-state index contributed by atoms with van der Waals surface area (Å²) in [7, 11) is 3.95. The third-order valence-corrected chi connectivity index (χ3v) is 5.02. The summed E-state index contributed by atoms with van der Waals surface area (Å²) in [5.41, 5.74) is 1.76. The van der Waals surface area contributed by atoms with Crippen LogP contribution in [0.25, 0.3) is 0 Å². The van der Waals surface area contributed by atoms with Crippen LogP contribution in [-0.4, -0.2) is 47.5 Å². The smallest absolute Gasteiger partial charge is 0.255 e. The molecule has 0 saturated carbocycles. The van der Waals surface area contributed by atoms with Crippen molar-refractivity contribution in [3.63, 3.8) is 0 Å². The van der Waals surface area contributed by atoms with E-state index in [0.717, 1.165) is 43.0 Å². The first-order valence-electron chi connectivity index (χ1n) is 9.07. The number of anilines is 1. The zero-order chi connectivity index (χ0) is 18.0. The molecule has 1 aliphatic rings. The van der Waals surface area contributed by atoms with E-state index in [0.29, 0.717) is 12.0 Å². The maximum Gasteiger partial charge on any atom is 0.255 e. The summed E-state index contributed by atoms with van der Waals surface area (Å²) in [6, 6.07) is 8.26. The fourth-order valence-electron chi connectivity index (χ4n) is 3.63. The number of nitrogens with zero attached hydrogens (tertiary/aromatic N) is 4. The van der Waals surface area contributed by atoms with Gasteiger partial charge in [0.2, 0.25) is 0 Å². The number of piperidine rings is 1. The van der Waals surface area contributed by atoms with Gasteiger partial charge in [0.1, 0.15) is 5.82 Å². The van der Waals surface area contributed by atoms with Crippen LogP contribution >= 0.6 is 0 Å². The second kappa shape index (κ2) is 7.30. The number of imidazole rings is 1. The summed E-state index contributed by atoms with van der Waals surface area (Å²) in [6.45, 7) is 5.94. The van der Waals surface area contributed by atoms with E-state index in [1.165, 1.54) is 0 Å². The SMILES string of the molecule is CC(C)n1ccnc1C1CCN(C(=O)c2ccccc2N(C)C)CC1. The van der Waals surface area contributed by atoms with E-state index in [9.17, 15) is 4.79 Å². The van der Waals surface area contributed by atoms with Crippen molar-refractivity contribution in [1.82, 2.24) is 14.5 Å². The molecule has 25 heavy (non-hydrogen) atoms. The van der Waals surface area contributed by atoms with Gasteiger partial charge in [-0.1, -0.05) is 12.1 Å². The number of amides is 1. The molecule has 0 bridgehead atoms. The highest BCUT2D eigenvalue weighted by Crippen LogP contribution is 2.30. The van der Waals surface area contributed by atoms with E-state index in [2.05, 4.69) is 29.6 Å². The first-order valence-corrected chi connectivity index (χ1v) is 9.07. The molecule has 1 amide bonds. The number of carbonyl (C=O) groups is 1. The number of rotatable bonds is 4. The van der Waals surface area contributed by atoms with Crippen LogP contribution in [0.1, 0.15) is 54.8 Å². The second-order valence-corrected chi connectivity index (χ2v) is 7.26. The predicted molar refractivity (Wildman–Crippen MR) is 101 cm³/mol. The molecule has 1 aromatic heterocycles. The molecule has 2 heterocycles. The zero-order valence-electron chi connectivity index (χ0n) is 15.6. The second-order valence-electron chi connectivity index (χ2n) is 7.26. The number of likely N-dealkylation sites (tertiary alicyclic amines) is 1. The average molecular weight is 340 g/mol. The molecule has 2 aromatic rings. The number of para-hydroxylation sites is 1. The highest BCUT2D eigenvalue weighted by Gasteiger charge is 2.28. The lowest BCUT2D eigenvalue weighted by Gasteiger charge is -2.33. The minimum Gasteiger partial charge on any atom is -0.377 e. The summed E-state index contributed by atoms with van der Waals surface area (Å²) >= 11 is 0. The van der Waals surface area contributed by atoms with Crippen LogP contribution in [-0.2, 0) is 0 Å². The monoisotopic (exact) mass is 340 g/mol. The van der Waals surface area contributed by atoms with Crippen LogP contribution in [0.3, 0.4) is 0 Å². The average Bonchev–Trinajstić information content (AvgIpc) is 3.11. The van der Waals surface area contributed by atoms with Gasteiger partial charge in [0.05, 0.1) is 5.56 Å². The molecule has 1 fully saturated rings. The summed E-state index contributed by atoms with van der Waals surface area (Å²) in [4.78, 5) is 21.5. The van der Waals surface area contributed by atoms with Gasteiger partial charge in [0.25, 0.3) is 5.91 Å². The Labute approximate surface area is 150 Å². The Hall–Kier alpha value is -2.30. The third-order valence-electron chi connectivity index (χ3n) is 5.02. The fourth-order valence-corrected chi connectivity index (χ4v) is 3.63. The van der Waals surface area contributed by atoms with Gasteiger partial charge < -0.3 is 14.4 Å². The van der Waals surface area contributed by atoms with Crippen LogP contribution in [0.2, 0.25) is 0 Å². The van der Waals surface area contributed by atoms with Crippen LogP contribution in [0, 0.1) is 0 Å². The van der Waals surface area contributed by atoms with Gasteiger partial charge in [-0.3, -0.25) is 4.79 Å². The van der Waals surface area contributed by atoms with Gasteiger partial charge in [0, 0.05) is 57.2 Å². The predicted octanol–water partition coefficient (Wildman–Crippen LogP) is 3.55. The summed E-state index contributed by atoms with van der Waals surface area (Å²) in [5, 5.41) is 0. The van der Waals surface area contributed by atoms with Crippen molar-refractivity contribution in [3.05, 3.63) is 48.0 Å². The van der Waals surface area contributed by atoms with E-state index in [4.69, 9.17) is 0 Å². The fraction of sp³-hybridized carbons (Fsp3) is 0.500. The largest absolute Gasteiger partial charge is 0.377 e. The van der Waals surface area contributed by atoms with E-state index in [1.54, 1.807) is 0 Å². The lowest BCUT2D eigenvalue weighted by atomic mass is 9.95. The molecule has 0 aliphatic carbocycles. The normalized spacial score (nSPS) is 15.6. The van der Waals surface area contributed by atoms with Crippen molar-refractivity contribution < 1.29 is 4.79 Å². The molecule has 0 atom stereocenters. The molecule has 1 aliphatic heterocycles. The molecular formula is C20H28N4O. The molecule has 134 valence electrons. The number of benzene rings is 1. The highest BCUT2D eigenvalue weighted by atomic mass is 16.2. The van der Waals surface area contributed by atoms with Crippen LogP contribution in [0.15, 0.2) is 36.7 Å². The minimum atomic E-state index is 0.134. The van der Waals surface area contributed by atoms with Gasteiger partial charge in [-0.15, -0.1) is 0 Å². The Bertz CT molecular complexity index is 727. The molecule has 0 N–H and O–H groups in total. The lowest BCUT2D eigenvalue weighted by molar-refractivity contribution is 0.0710. The van der Waals surface area contributed by atoms with E-state index in [-0.39, 0.29) is 5.91 Å². The molecule has 1 saturated heterocycles. The van der Waals surface area contributed by atoms with Crippen molar-refractivity contribution in [3.8, 4) is 0 Å². The molecule has 0 radical (unpaired) electrons. The quantitative estimate of drug-likeness (QED) is 0.855. The van der Waals surface area contributed by atoms with Crippen LogP contribution in [0.4, 0.5) is 5.69 Å². The molecule has 3 rings (SSSR count). The summed E-state index contributed by atoms with van der Waals surface area (Å²) in [6.07, 6.45) is 5.89. The first-order chi connectivity index (χ1) is 12.0. The summed E-state index contributed by atoms with van der Waals surface area (Å²) in [5.74, 6) is 1.73. The Morgan fingerprint density at radius 3 is 2.52 bits per heavy atom. The Morgan fingerprint density at radius 1 is 1.20 bits per heavy atom. The molecule has 1 aromatic carbocycles. The first kappa shape index (κ1) is 17.5. The van der Waals surface area contributed by atoms with Crippen LogP contribution in [0.5, 0.6) is 0 Å². The van der Waals surface area contributed by atoms with Gasteiger partial charge in [-0.2, -0.15) is 0 Å². The van der Waals surface area contributed by atoms with Gasteiger partial charge in [0.15, 0.2) is 0 Å². The third kappa shape index (κ3) is 3.55. The molecular weight excluding hydrogens is 312 g/mol. The van der Waals surface area contributed by atoms with Crippen LogP contribution < -0.4 is 4.90 Å². The van der Waals surface area contributed by atoms with Crippen molar-refractivity contribution in [2.75, 3.05) is 32.1 Å². The van der Waals surface area contributed by atoms with Gasteiger partial charge >= 0.3 is 0 Å². The topological polar surface area (TPSA) is 41.4 Å². The van der Waals surface area contributed by atoms with Gasteiger partial charge in [-0.25, -0.2) is 4.98 Å². The molecule has 0 unspecified atom stereocenters. The highest BCUT2D eigenvalue weighted by molar-refractivity contribution is 5.99. The number of aromatic nitrogens is 2. The Balaban J connectivity index is 1.70. The number of carbonyl (C=O) groups excluding carboxylic acids is 1. The summed E-state index contributed by atoms with van der Waals surface area (Å²) < 4.78 is 2.25. The van der Waals surface area contributed by atoms with Crippen molar-refractivity contribution in [1.29, 1.82) is 0 Å². The lowest BCUT2D eigenvalue weighted by Crippen LogP contribution is -2.39. The van der Waals surface area contributed by atoms with E-state index in [1.807, 2.05) is 54.4 Å². The van der Waals surface area contributed by atoms with Crippen molar-refractivity contribution >= 4 is 11.6 Å².